The number of hydrogen-bond donors (Lipinski definition) is 1. The first-order valence-electron chi connectivity index (χ1n) is 7.92. The van der Waals surface area contributed by atoms with Gasteiger partial charge in [-0.2, -0.15) is 0 Å². The van der Waals surface area contributed by atoms with Crippen LogP contribution in [0.5, 0.6) is 0 Å². The number of likely N-dealkylation sites (tertiary alicyclic amines) is 1. The fourth-order valence-electron chi connectivity index (χ4n) is 2.78. The molecule has 2 heterocycles. The Balaban J connectivity index is 1.37. The Kier molecular flexibility index (Phi) is 3.75. The molecule has 0 aliphatic carbocycles. The lowest BCUT2D eigenvalue weighted by Crippen LogP contribution is -2.57. The van der Waals surface area contributed by atoms with Crippen LogP contribution in [0.2, 0.25) is 0 Å². The molecule has 1 fully saturated rings. The third-order valence-electron chi connectivity index (χ3n) is 4.10. The number of benzene rings is 2. The molecule has 2 aromatic carbocycles. The number of carbonyl (C=O) groups excluding carboxylic acids is 1. The fraction of sp³-hybridized carbons (Fsp3) is 0.158. The second kappa shape index (κ2) is 6.20. The molecule has 1 aromatic heterocycles. The van der Waals surface area contributed by atoms with Crippen molar-refractivity contribution in [2.75, 3.05) is 18.4 Å². The van der Waals surface area contributed by atoms with E-state index in [2.05, 4.69) is 10.5 Å². The minimum absolute atomic E-state index is 0.0907. The molecule has 24 heavy (non-hydrogen) atoms. The zero-order chi connectivity index (χ0) is 16.4. The first-order chi connectivity index (χ1) is 11.8. The van der Waals surface area contributed by atoms with Crippen molar-refractivity contribution in [2.24, 2.45) is 0 Å². The van der Waals surface area contributed by atoms with Gasteiger partial charge in [-0.05, 0) is 12.1 Å². The Bertz CT molecular complexity index is 824. The van der Waals surface area contributed by atoms with Gasteiger partial charge in [0.25, 0.3) is 5.91 Å². The van der Waals surface area contributed by atoms with E-state index in [9.17, 15) is 4.79 Å². The number of nitrogens with zero attached hydrogens (tertiary/aromatic N) is 2. The van der Waals surface area contributed by atoms with Crippen molar-refractivity contribution in [1.29, 1.82) is 0 Å². The van der Waals surface area contributed by atoms with Crippen molar-refractivity contribution < 1.29 is 9.32 Å². The first-order valence-corrected chi connectivity index (χ1v) is 7.92. The predicted octanol–water partition coefficient (Wildman–Crippen LogP) is 3.28. The molecule has 1 saturated heterocycles. The normalized spacial score (nSPS) is 14.2. The molecule has 5 heteroatoms. The van der Waals surface area contributed by atoms with Gasteiger partial charge >= 0.3 is 0 Å². The van der Waals surface area contributed by atoms with Gasteiger partial charge in [-0.3, -0.25) is 4.79 Å². The van der Waals surface area contributed by atoms with Gasteiger partial charge in [-0.25, -0.2) is 0 Å². The van der Waals surface area contributed by atoms with Gasteiger partial charge in [0.2, 0.25) is 0 Å². The maximum absolute atomic E-state index is 12.4. The quantitative estimate of drug-likeness (QED) is 0.802. The number of carbonyl (C=O) groups is 1. The Morgan fingerprint density at radius 2 is 1.71 bits per heavy atom. The SMILES string of the molecule is O=C(c1cc(-c2ccccc2)on1)N1CC(Nc2ccccc2)C1. The number of aromatic nitrogens is 1. The Labute approximate surface area is 139 Å². The van der Waals surface area contributed by atoms with Gasteiger partial charge in [0, 0.05) is 30.4 Å². The molecule has 1 aliphatic heterocycles. The number of amides is 1. The largest absolute Gasteiger partial charge is 0.379 e. The second-order valence-corrected chi connectivity index (χ2v) is 5.86. The van der Waals surface area contributed by atoms with Crippen LogP contribution in [0.3, 0.4) is 0 Å². The molecule has 0 unspecified atom stereocenters. The summed E-state index contributed by atoms with van der Waals surface area (Å²) < 4.78 is 5.30. The molecule has 0 saturated carbocycles. The summed E-state index contributed by atoms with van der Waals surface area (Å²) in [4.78, 5) is 14.2. The topological polar surface area (TPSA) is 58.4 Å². The molecule has 120 valence electrons. The van der Waals surface area contributed by atoms with Crippen LogP contribution in [0.25, 0.3) is 11.3 Å². The standard InChI is InChI=1S/C19H17N3O2/c23-19(17-11-18(24-21-17)14-7-3-1-4-8-14)22-12-16(13-22)20-15-9-5-2-6-10-15/h1-11,16,20H,12-13H2. The highest BCUT2D eigenvalue weighted by atomic mass is 16.5. The van der Waals surface area contributed by atoms with Crippen molar-refractivity contribution >= 4 is 11.6 Å². The minimum atomic E-state index is -0.0907. The van der Waals surface area contributed by atoms with Gasteiger partial charge in [0.05, 0.1) is 6.04 Å². The van der Waals surface area contributed by atoms with Crippen LogP contribution in [-0.4, -0.2) is 35.1 Å². The highest BCUT2D eigenvalue weighted by Gasteiger charge is 2.32. The number of hydrogen-bond acceptors (Lipinski definition) is 4. The van der Waals surface area contributed by atoms with E-state index in [1.54, 1.807) is 11.0 Å². The molecule has 0 radical (unpaired) electrons. The predicted molar refractivity (Wildman–Crippen MR) is 91.7 cm³/mol. The summed E-state index contributed by atoms with van der Waals surface area (Å²) in [6.07, 6.45) is 0. The third kappa shape index (κ3) is 2.88. The first kappa shape index (κ1) is 14.5. The summed E-state index contributed by atoms with van der Waals surface area (Å²) in [5.74, 6) is 0.519. The Morgan fingerprint density at radius 3 is 2.42 bits per heavy atom. The van der Waals surface area contributed by atoms with E-state index in [0.717, 1.165) is 11.3 Å². The van der Waals surface area contributed by atoms with Crippen molar-refractivity contribution in [1.82, 2.24) is 10.1 Å². The lowest BCUT2D eigenvalue weighted by Gasteiger charge is -2.39. The zero-order valence-corrected chi connectivity index (χ0v) is 13.1. The maximum Gasteiger partial charge on any atom is 0.276 e. The van der Waals surface area contributed by atoms with Crippen LogP contribution in [0.15, 0.2) is 71.3 Å². The van der Waals surface area contributed by atoms with Crippen LogP contribution in [-0.2, 0) is 0 Å². The zero-order valence-electron chi connectivity index (χ0n) is 13.1. The molecule has 4 rings (SSSR count). The van der Waals surface area contributed by atoms with E-state index < -0.39 is 0 Å². The molecule has 1 aliphatic rings. The van der Waals surface area contributed by atoms with Crippen molar-refractivity contribution in [3.05, 3.63) is 72.4 Å². The highest BCUT2D eigenvalue weighted by molar-refractivity contribution is 5.93. The maximum atomic E-state index is 12.4. The molecular formula is C19H17N3O2. The van der Waals surface area contributed by atoms with Gasteiger partial charge in [-0.15, -0.1) is 0 Å². The average molecular weight is 319 g/mol. The van der Waals surface area contributed by atoms with Crippen LogP contribution in [0, 0.1) is 0 Å². The number of para-hydroxylation sites is 1. The summed E-state index contributed by atoms with van der Waals surface area (Å²) in [6, 6.07) is 21.6. The van der Waals surface area contributed by atoms with E-state index >= 15 is 0 Å². The van der Waals surface area contributed by atoms with E-state index in [1.165, 1.54) is 0 Å². The highest BCUT2D eigenvalue weighted by Crippen LogP contribution is 2.22. The fourth-order valence-corrected chi connectivity index (χ4v) is 2.78. The smallest absolute Gasteiger partial charge is 0.276 e. The third-order valence-corrected chi connectivity index (χ3v) is 4.10. The summed E-state index contributed by atoms with van der Waals surface area (Å²) in [6.45, 7) is 1.34. The van der Waals surface area contributed by atoms with Crippen LogP contribution >= 0.6 is 0 Å². The van der Waals surface area contributed by atoms with Crippen molar-refractivity contribution in [3.8, 4) is 11.3 Å². The molecule has 0 atom stereocenters. The molecule has 3 aromatic rings. The molecule has 1 amide bonds. The average Bonchev–Trinajstić information content (AvgIpc) is 3.09. The van der Waals surface area contributed by atoms with E-state index in [-0.39, 0.29) is 11.9 Å². The van der Waals surface area contributed by atoms with E-state index in [4.69, 9.17) is 4.52 Å². The van der Waals surface area contributed by atoms with Gasteiger partial charge in [0.1, 0.15) is 0 Å². The second-order valence-electron chi connectivity index (χ2n) is 5.86. The summed E-state index contributed by atoms with van der Waals surface area (Å²) in [7, 11) is 0. The van der Waals surface area contributed by atoms with Gasteiger partial charge < -0.3 is 14.7 Å². The summed E-state index contributed by atoms with van der Waals surface area (Å²) >= 11 is 0. The number of rotatable bonds is 4. The number of nitrogens with one attached hydrogen (secondary N) is 1. The van der Waals surface area contributed by atoms with Crippen LogP contribution in [0.1, 0.15) is 10.5 Å². The monoisotopic (exact) mass is 319 g/mol. The lowest BCUT2D eigenvalue weighted by atomic mass is 10.1. The van der Waals surface area contributed by atoms with Crippen LogP contribution in [0.4, 0.5) is 5.69 Å². The van der Waals surface area contributed by atoms with Gasteiger partial charge in [-0.1, -0.05) is 53.7 Å². The Hall–Kier alpha value is -3.08. The van der Waals surface area contributed by atoms with Gasteiger partial charge in [0.15, 0.2) is 11.5 Å². The molecular weight excluding hydrogens is 302 g/mol. The molecule has 0 bridgehead atoms. The Morgan fingerprint density at radius 1 is 1.04 bits per heavy atom. The summed E-state index contributed by atoms with van der Waals surface area (Å²) in [5, 5.41) is 7.33. The lowest BCUT2D eigenvalue weighted by molar-refractivity contribution is 0.0614. The van der Waals surface area contributed by atoms with E-state index in [0.29, 0.717) is 24.5 Å². The molecule has 0 spiro atoms. The molecule has 5 nitrogen and oxygen atoms in total. The van der Waals surface area contributed by atoms with Crippen molar-refractivity contribution in [3.63, 3.8) is 0 Å². The summed E-state index contributed by atoms with van der Waals surface area (Å²) in [5.41, 5.74) is 2.34. The van der Waals surface area contributed by atoms with Crippen molar-refractivity contribution in [2.45, 2.75) is 6.04 Å². The number of anilines is 1. The van der Waals surface area contributed by atoms with Crippen LogP contribution < -0.4 is 5.32 Å². The minimum Gasteiger partial charge on any atom is -0.379 e. The molecule has 1 N–H and O–H groups in total. The van der Waals surface area contributed by atoms with E-state index in [1.807, 2.05) is 60.7 Å².